The average Bonchev–Trinajstić information content (AvgIpc) is 2.94. The number of fused-ring (bicyclic) bond motifs is 1. The molecule has 1 N–H and O–H groups in total. The predicted octanol–water partition coefficient (Wildman–Crippen LogP) is 3.38. The van der Waals surface area contributed by atoms with Gasteiger partial charge in [-0.2, -0.15) is 5.26 Å². The van der Waals surface area contributed by atoms with Crippen LogP contribution in [0.15, 0.2) is 18.2 Å². The van der Waals surface area contributed by atoms with Crippen LogP contribution in [0.4, 0.5) is 5.69 Å². The van der Waals surface area contributed by atoms with Crippen LogP contribution in [0, 0.1) is 17.2 Å². The van der Waals surface area contributed by atoms with Gasteiger partial charge in [0.05, 0.1) is 17.7 Å². The van der Waals surface area contributed by atoms with E-state index in [4.69, 9.17) is 5.26 Å². The molecule has 20 heavy (non-hydrogen) atoms. The summed E-state index contributed by atoms with van der Waals surface area (Å²) in [6.45, 7) is 2.86. The van der Waals surface area contributed by atoms with Gasteiger partial charge in [-0.15, -0.1) is 0 Å². The summed E-state index contributed by atoms with van der Waals surface area (Å²) in [5.74, 6) is 0.802. The minimum absolute atomic E-state index is 0.487. The van der Waals surface area contributed by atoms with Gasteiger partial charge in [0.15, 0.2) is 0 Å². The highest BCUT2D eigenvalue weighted by molar-refractivity contribution is 5.59. The van der Waals surface area contributed by atoms with Crippen molar-refractivity contribution in [3.05, 3.63) is 29.3 Å². The van der Waals surface area contributed by atoms with Crippen LogP contribution in [0.3, 0.4) is 0 Å². The molecule has 1 aliphatic carbocycles. The molecular weight excluding hydrogens is 248 g/mol. The second-order valence-corrected chi connectivity index (χ2v) is 6.16. The van der Waals surface area contributed by atoms with Crippen LogP contribution in [0.1, 0.15) is 56.3 Å². The fraction of sp³-hybridized carbons (Fsp3) is 0.588. The summed E-state index contributed by atoms with van der Waals surface area (Å²) in [7, 11) is 0. The van der Waals surface area contributed by atoms with Crippen molar-refractivity contribution in [3.8, 4) is 6.07 Å². The van der Waals surface area contributed by atoms with Crippen LogP contribution in [-0.4, -0.2) is 17.7 Å². The molecule has 1 heterocycles. The van der Waals surface area contributed by atoms with Crippen LogP contribution in [0.5, 0.6) is 0 Å². The number of hydrogen-bond acceptors (Lipinski definition) is 3. The highest BCUT2D eigenvalue weighted by Crippen LogP contribution is 2.41. The van der Waals surface area contributed by atoms with Gasteiger partial charge in [-0.05, 0) is 50.7 Å². The van der Waals surface area contributed by atoms with Gasteiger partial charge in [0, 0.05) is 23.8 Å². The Morgan fingerprint density at radius 1 is 1.30 bits per heavy atom. The van der Waals surface area contributed by atoms with E-state index >= 15 is 0 Å². The first-order chi connectivity index (χ1) is 9.70. The summed E-state index contributed by atoms with van der Waals surface area (Å²) in [5.41, 5.74) is 2.72. The minimum Gasteiger partial charge on any atom is -0.389 e. The SMILES string of the molecule is C[C@H](O)c1ccc(C#N)cc1N1CCCC2CCCC21. The van der Waals surface area contributed by atoms with Crippen molar-refractivity contribution in [1.82, 2.24) is 0 Å². The topological polar surface area (TPSA) is 47.3 Å². The fourth-order valence-corrected chi connectivity index (χ4v) is 3.97. The van der Waals surface area contributed by atoms with Gasteiger partial charge in [-0.3, -0.25) is 0 Å². The number of anilines is 1. The maximum Gasteiger partial charge on any atom is 0.0992 e. The van der Waals surface area contributed by atoms with E-state index in [0.29, 0.717) is 11.6 Å². The molecular formula is C17H22N2O. The van der Waals surface area contributed by atoms with E-state index < -0.39 is 6.10 Å². The van der Waals surface area contributed by atoms with Gasteiger partial charge in [0.2, 0.25) is 0 Å². The Kier molecular flexibility index (Phi) is 3.67. The molecule has 0 spiro atoms. The number of nitriles is 1. The molecule has 0 aromatic heterocycles. The maximum absolute atomic E-state index is 10.0. The Morgan fingerprint density at radius 3 is 2.85 bits per heavy atom. The van der Waals surface area contributed by atoms with Crippen molar-refractivity contribution < 1.29 is 5.11 Å². The number of rotatable bonds is 2. The van der Waals surface area contributed by atoms with Crippen molar-refractivity contribution in [3.63, 3.8) is 0 Å². The number of aliphatic hydroxyl groups excluding tert-OH is 1. The lowest BCUT2D eigenvalue weighted by molar-refractivity contribution is 0.199. The average molecular weight is 270 g/mol. The third-order valence-corrected chi connectivity index (χ3v) is 4.91. The quantitative estimate of drug-likeness (QED) is 0.896. The number of hydrogen-bond donors (Lipinski definition) is 1. The Hall–Kier alpha value is -1.53. The maximum atomic E-state index is 10.0. The van der Waals surface area contributed by atoms with E-state index in [1.54, 1.807) is 6.92 Å². The number of aliphatic hydroxyl groups is 1. The molecule has 0 bridgehead atoms. The zero-order valence-corrected chi connectivity index (χ0v) is 12.0. The van der Waals surface area contributed by atoms with E-state index in [-0.39, 0.29) is 0 Å². The highest BCUT2D eigenvalue weighted by Gasteiger charge is 2.36. The predicted molar refractivity (Wildman–Crippen MR) is 79.5 cm³/mol. The smallest absolute Gasteiger partial charge is 0.0992 e. The first kappa shape index (κ1) is 13.5. The molecule has 3 rings (SSSR count). The lowest BCUT2D eigenvalue weighted by Gasteiger charge is -2.40. The summed E-state index contributed by atoms with van der Waals surface area (Å²) in [5, 5.41) is 19.2. The number of benzene rings is 1. The molecule has 3 atom stereocenters. The Morgan fingerprint density at radius 2 is 2.10 bits per heavy atom. The van der Waals surface area contributed by atoms with Crippen LogP contribution in [0.2, 0.25) is 0 Å². The second kappa shape index (κ2) is 5.46. The van der Waals surface area contributed by atoms with Gasteiger partial charge >= 0.3 is 0 Å². The zero-order valence-electron chi connectivity index (χ0n) is 12.0. The van der Waals surface area contributed by atoms with Crippen LogP contribution >= 0.6 is 0 Å². The Bertz CT molecular complexity index is 532. The van der Waals surface area contributed by atoms with Gasteiger partial charge in [-0.1, -0.05) is 12.5 Å². The first-order valence-corrected chi connectivity index (χ1v) is 7.69. The van der Waals surface area contributed by atoms with Crippen molar-refractivity contribution in [1.29, 1.82) is 5.26 Å². The lowest BCUT2D eigenvalue weighted by atomic mass is 9.90. The first-order valence-electron chi connectivity index (χ1n) is 7.69. The van der Waals surface area contributed by atoms with Crippen molar-refractivity contribution >= 4 is 5.69 Å². The lowest BCUT2D eigenvalue weighted by Crippen LogP contribution is -2.43. The Balaban J connectivity index is 2.01. The molecule has 1 aliphatic heterocycles. The van der Waals surface area contributed by atoms with E-state index in [1.165, 1.54) is 32.1 Å². The summed E-state index contributed by atoms with van der Waals surface area (Å²) < 4.78 is 0. The molecule has 1 aromatic rings. The van der Waals surface area contributed by atoms with Gasteiger partial charge < -0.3 is 10.0 Å². The molecule has 0 amide bonds. The number of nitrogens with zero attached hydrogens (tertiary/aromatic N) is 2. The molecule has 2 fully saturated rings. The van der Waals surface area contributed by atoms with E-state index in [0.717, 1.165) is 23.7 Å². The van der Waals surface area contributed by atoms with Gasteiger partial charge in [0.25, 0.3) is 0 Å². The third kappa shape index (κ3) is 2.29. The van der Waals surface area contributed by atoms with Gasteiger partial charge in [-0.25, -0.2) is 0 Å². The molecule has 3 nitrogen and oxygen atoms in total. The molecule has 2 unspecified atom stereocenters. The Labute approximate surface area is 120 Å². The molecule has 2 aliphatic rings. The minimum atomic E-state index is -0.487. The standard InChI is InChI=1S/C17H22N2O/c1-12(20)15-8-7-13(11-18)10-17(15)19-9-3-5-14-4-2-6-16(14)19/h7-8,10,12,14,16,20H,2-6,9H2,1H3/t12-,14?,16?/m0/s1. The molecule has 0 radical (unpaired) electrons. The highest BCUT2D eigenvalue weighted by atomic mass is 16.3. The second-order valence-electron chi connectivity index (χ2n) is 6.16. The fourth-order valence-electron chi connectivity index (χ4n) is 3.97. The summed E-state index contributed by atoms with van der Waals surface area (Å²) in [6.07, 6.45) is 5.97. The van der Waals surface area contributed by atoms with Crippen molar-refractivity contribution in [2.75, 3.05) is 11.4 Å². The van der Waals surface area contributed by atoms with Crippen molar-refractivity contribution in [2.45, 2.75) is 51.2 Å². The monoisotopic (exact) mass is 270 g/mol. The third-order valence-electron chi connectivity index (χ3n) is 4.91. The van der Waals surface area contributed by atoms with Crippen LogP contribution in [-0.2, 0) is 0 Å². The van der Waals surface area contributed by atoms with E-state index in [1.807, 2.05) is 18.2 Å². The normalized spacial score (nSPS) is 26.9. The largest absolute Gasteiger partial charge is 0.389 e. The van der Waals surface area contributed by atoms with Crippen molar-refractivity contribution in [2.24, 2.45) is 5.92 Å². The van der Waals surface area contributed by atoms with E-state index in [2.05, 4.69) is 11.0 Å². The van der Waals surface area contributed by atoms with Gasteiger partial charge in [0.1, 0.15) is 0 Å². The zero-order chi connectivity index (χ0) is 14.1. The molecule has 106 valence electrons. The van der Waals surface area contributed by atoms with Crippen LogP contribution < -0.4 is 4.90 Å². The summed E-state index contributed by atoms with van der Waals surface area (Å²) in [4.78, 5) is 2.46. The number of piperidine rings is 1. The summed E-state index contributed by atoms with van der Waals surface area (Å²) >= 11 is 0. The molecule has 1 saturated heterocycles. The van der Waals surface area contributed by atoms with E-state index in [9.17, 15) is 5.11 Å². The summed E-state index contributed by atoms with van der Waals surface area (Å²) in [6, 6.07) is 8.51. The van der Waals surface area contributed by atoms with Crippen LogP contribution in [0.25, 0.3) is 0 Å². The molecule has 1 saturated carbocycles. The molecule has 1 aromatic carbocycles. The molecule has 3 heteroatoms.